The molecule has 1 aliphatic heterocycles. The Labute approximate surface area is 119 Å². The Kier molecular flexibility index (Phi) is 5.84. The van der Waals surface area contributed by atoms with Gasteiger partial charge in [-0.1, -0.05) is 25.7 Å². The molecule has 18 heavy (non-hydrogen) atoms. The molecule has 106 valence electrons. The van der Waals surface area contributed by atoms with E-state index in [-0.39, 0.29) is 0 Å². The van der Waals surface area contributed by atoms with Gasteiger partial charge in [-0.3, -0.25) is 0 Å². The third-order valence-corrected chi connectivity index (χ3v) is 5.54. The summed E-state index contributed by atoms with van der Waals surface area (Å²) in [5, 5.41) is 0. The van der Waals surface area contributed by atoms with Crippen molar-refractivity contribution in [1.29, 1.82) is 0 Å². The van der Waals surface area contributed by atoms with Crippen LogP contribution in [-0.4, -0.2) is 55.3 Å². The topological polar surface area (TPSA) is 6.48 Å². The summed E-state index contributed by atoms with van der Waals surface area (Å²) in [6, 6.07) is 0. The van der Waals surface area contributed by atoms with Gasteiger partial charge in [-0.25, -0.2) is 0 Å². The van der Waals surface area contributed by atoms with E-state index in [4.69, 9.17) is 12.6 Å². The summed E-state index contributed by atoms with van der Waals surface area (Å²) >= 11 is 4.70. The molecule has 0 atom stereocenters. The molecule has 0 bridgehead atoms. The predicted octanol–water partition coefficient (Wildman–Crippen LogP) is 2.89. The molecule has 3 heteroatoms. The number of rotatable bonds is 3. The van der Waals surface area contributed by atoms with Gasteiger partial charge in [0.05, 0.1) is 0 Å². The van der Waals surface area contributed by atoms with Gasteiger partial charge >= 0.3 is 0 Å². The second kappa shape index (κ2) is 7.16. The summed E-state index contributed by atoms with van der Waals surface area (Å²) in [6.45, 7) is 6.35. The van der Waals surface area contributed by atoms with Crippen LogP contribution in [0.15, 0.2) is 0 Å². The molecule has 0 aromatic carbocycles. The molecular formula is C15H30N2S. The van der Waals surface area contributed by atoms with Crippen LogP contribution in [0.4, 0.5) is 0 Å². The largest absolute Gasteiger partial charge is 0.305 e. The van der Waals surface area contributed by atoms with Crippen LogP contribution >= 0.6 is 12.6 Å². The van der Waals surface area contributed by atoms with Crippen molar-refractivity contribution in [2.45, 2.75) is 44.9 Å². The average molecular weight is 270 g/mol. The summed E-state index contributed by atoms with van der Waals surface area (Å²) in [5.41, 5.74) is 0.516. The van der Waals surface area contributed by atoms with E-state index in [1.54, 1.807) is 0 Å². The molecule has 0 radical (unpaired) electrons. The van der Waals surface area contributed by atoms with E-state index < -0.39 is 0 Å². The number of nitrogens with zero attached hydrogens (tertiary/aromatic N) is 2. The fraction of sp³-hybridized carbons (Fsp3) is 1.00. The van der Waals surface area contributed by atoms with Gasteiger partial charge in [0, 0.05) is 19.6 Å². The maximum absolute atomic E-state index is 4.70. The fourth-order valence-electron chi connectivity index (χ4n) is 3.58. The Hall–Kier alpha value is 0.270. The fourth-order valence-corrected chi connectivity index (χ4v) is 3.99. The Morgan fingerprint density at radius 2 is 1.61 bits per heavy atom. The third kappa shape index (κ3) is 4.14. The van der Waals surface area contributed by atoms with E-state index in [0.717, 1.165) is 5.75 Å². The summed E-state index contributed by atoms with van der Waals surface area (Å²) in [4.78, 5) is 5.19. The lowest BCUT2D eigenvalue weighted by atomic mass is 9.81. The van der Waals surface area contributed by atoms with Gasteiger partial charge in [-0.2, -0.15) is 12.6 Å². The highest BCUT2D eigenvalue weighted by atomic mass is 32.1. The van der Waals surface area contributed by atoms with Gasteiger partial charge in [0.25, 0.3) is 0 Å². The van der Waals surface area contributed by atoms with Crippen molar-refractivity contribution >= 4 is 12.6 Å². The van der Waals surface area contributed by atoms with E-state index in [0.29, 0.717) is 5.41 Å². The van der Waals surface area contributed by atoms with Gasteiger partial charge in [0.15, 0.2) is 0 Å². The normalized spacial score (nSPS) is 27.7. The molecule has 2 nitrogen and oxygen atoms in total. The van der Waals surface area contributed by atoms with Crippen molar-refractivity contribution in [3.05, 3.63) is 0 Å². The zero-order valence-electron chi connectivity index (χ0n) is 12.0. The van der Waals surface area contributed by atoms with Crippen LogP contribution in [0.1, 0.15) is 44.9 Å². The summed E-state index contributed by atoms with van der Waals surface area (Å²) in [7, 11) is 2.25. The average Bonchev–Trinajstić information content (AvgIpc) is 2.72. The van der Waals surface area contributed by atoms with Crippen molar-refractivity contribution in [2.24, 2.45) is 5.41 Å². The Morgan fingerprint density at radius 3 is 2.28 bits per heavy atom. The molecule has 0 amide bonds. The maximum atomic E-state index is 4.70. The lowest BCUT2D eigenvalue weighted by Gasteiger charge is -2.36. The molecule has 0 spiro atoms. The van der Waals surface area contributed by atoms with Crippen molar-refractivity contribution in [1.82, 2.24) is 9.80 Å². The van der Waals surface area contributed by atoms with Gasteiger partial charge in [-0.05, 0) is 50.6 Å². The standard InChI is InChI=1S/C15H30N2S/c1-16-9-6-10-17(12-11-16)13-15(14-18)7-4-2-3-5-8-15/h18H,2-14H2,1H3. The van der Waals surface area contributed by atoms with Crippen LogP contribution in [0.2, 0.25) is 0 Å². The molecule has 0 aromatic heterocycles. The predicted molar refractivity (Wildman–Crippen MR) is 82.5 cm³/mol. The Balaban J connectivity index is 1.91. The van der Waals surface area contributed by atoms with Gasteiger partial charge in [0.2, 0.25) is 0 Å². The second-order valence-electron chi connectivity index (χ2n) is 6.51. The summed E-state index contributed by atoms with van der Waals surface area (Å²) < 4.78 is 0. The van der Waals surface area contributed by atoms with Gasteiger partial charge in [0.1, 0.15) is 0 Å². The molecule has 0 unspecified atom stereocenters. The minimum atomic E-state index is 0.516. The zero-order chi connectivity index (χ0) is 12.8. The lowest BCUT2D eigenvalue weighted by molar-refractivity contribution is 0.154. The van der Waals surface area contributed by atoms with Crippen molar-refractivity contribution in [2.75, 3.05) is 45.5 Å². The van der Waals surface area contributed by atoms with E-state index in [1.165, 1.54) is 77.7 Å². The molecule has 0 N–H and O–H groups in total. The molecule has 1 aliphatic carbocycles. The van der Waals surface area contributed by atoms with Gasteiger partial charge in [-0.15, -0.1) is 0 Å². The molecule has 1 heterocycles. The van der Waals surface area contributed by atoms with Crippen LogP contribution in [0, 0.1) is 5.41 Å². The zero-order valence-corrected chi connectivity index (χ0v) is 12.9. The molecule has 2 aliphatic rings. The summed E-state index contributed by atoms with van der Waals surface area (Å²) in [6.07, 6.45) is 9.88. The SMILES string of the molecule is CN1CCCN(CC2(CS)CCCCCC2)CC1. The minimum absolute atomic E-state index is 0.516. The number of likely N-dealkylation sites (N-methyl/N-ethyl adjacent to an activating group) is 1. The number of hydrogen-bond donors (Lipinski definition) is 1. The summed E-state index contributed by atoms with van der Waals surface area (Å²) in [5.74, 6) is 1.08. The maximum Gasteiger partial charge on any atom is 0.0109 e. The van der Waals surface area contributed by atoms with E-state index in [9.17, 15) is 0 Å². The minimum Gasteiger partial charge on any atom is -0.305 e. The first-order valence-corrected chi connectivity index (χ1v) is 8.39. The molecule has 0 aromatic rings. The monoisotopic (exact) mass is 270 g/mol. The van der Waals surface area contributed by atoms with Gasteiger partial charge < -0.3 is 9.80 Å². The Morgan fingerprint density at radius 1 is 0.889 bits per heavy atom. The second-order valence-corrected chi connectivity index (χ2v) is 6.82. The van der Waals surface area contributed by atoms with Crippen LogP contribution in [0.25, 0.3) is 0 Å². The van der Waals surface area contributed by atoms with Crippen molar-refractivity contribution in [3.63, 3.8) is 0 Å². The van der Waals surface area contributed by atoms with Crippen molar-refractivity contribution < 1.29 is 0 Å². The van der Waals surface area contributed by atoms with E-state index >= 15 is 0 Å². The number of hydrogen-bond acceptors (Lipinski definition) is 3. The molecule has 2 fully saturated rings. The third-order valence-electron chi connectivity index (χ3n) is 4.87. The van der Waals surface area contributed by atoms with Crippen LogP contribution in [-0.2, 0) is 0 Å². The van der Waals surface area contributed by atoms with Crippen LogP contribution in [0.3, 0.4) is 0 Å². The first kappa shape index (κ1) is 14.7. The quantitative estimate of drug-likeness (QED) is 0.622. The molecular weight excluding hydrogens is 240 g/mol. The highest BCUT2D eigenvalue weighted by Crippen LogP contribution is 2.37. The van der Waals surface area contributed by atoms with E-state index in [2.05, 4.69) is 16.8 Å². The van der Waals surface area contributed by atoms with Crippen LogP contribution in [0.5, 0.6) is 0 Å². The molecule has 1 saturated heterocycles. The lowest BCUT2D eigenvalue weighted by Crippen LogP contribution is -2.40. The Bertz CT molecular complexity index is 237. The smallest absolute Gasteiger partial charge is 0.0109 e. The number of thiol groups is 1. The van der Waals surface area contributed by atoms with Crippen molar-refractivity contribution in [3.8, 4) is 0 Å². The van der Waals surface area contributed by atoms with Crippen LogP contribution < -0.4 is 0 Å². The van der Waals surface area contributed by atoms with E-state index in [1.807, 2.05) is 0 Å². The highest BCUT2D eigenvalue weighted by molar-refractivity contribution is 7.80. The first-order chi connectivity index (χ1) is 8.74. The first-order valence-electron chi connectivity index (χ1n) is 7.76. The molecule has 1 saturated carbocycles. The molecule has 2 rings (SSSR count). The highest BCUT2D eigenvalue weighted by Gasteiger charge is 2.31.